The number of amides is 2. The molecular formula is C9H19N3O2. The van der Waals surface area contributed by atoms with E-state index < -0.39 is 11.8 Å². The molecule has 82 valence electrons. The van der Waals surface area contributed by atoms with Crippen molar-refractivity contribution in [1.29, 1.82) is 0 Å². The highest BCUT2D eigenvalue weighted by atomic mass is 16.2. The molecule has 0 spiro atoms. The maximum atomic E-state index is 11.4. The molecule has 2 amide bonds. The van der Waals surface area contributed by atoms with Crippen molar-refractivity contribution in [3.63, 3.8) is 0 Å². The van der Waals surface area contributed by atoms with Gasteiger partial charge in [-0.2, -0.15) is 0 Å². The third-order valence-corrected chi connectivity index (χ3v) is 1.90. The average molecular weight is 201 g/mol. The van der Waals surface area contributed by atoms with Crippen LogP contribution in [0.4, 0.5) is 0 Å². The number of rotatable bonds is 5. The van der Waals surface area contributed by atoms with E-state index in [4.69, 9.17) is 0 Å². The Labute approximate surface area is 84.8 Å². The van der Waals surface area contributed by atoms with Gasteiger partial charge in [0.25, 0.3) is 0 Å². The van der Waals surface area contributed by atoms with Gasteiger partial charge in [0.2, 0.25) is 0 Å². The summed E-state index contributed by atoms with van der Waals surface area (Å²) < 4.78 is 0. The molecule has 0 unspecified atom stereocenters. The van der Waals surface area contributed by atoms with E-state index in [0.29, 0.717) is 19.6 Å². The van der Waals surface area contributed by atoms with Gasteiger partial charge in [-0.05, 0) is 13.5 Å². The minimum atomic E-state index is -0.552. The number of nitrogens with zero attached hydrogens (tertiary/aromatic N) is 1. The van der Waals surface area contributed by atoms with Crippen LogP contribution in [0.15, 0.2) is 0 Å². The zero-order valence-corrected chi connectivity index (χ0v) is 9.09. The van der Waals surface area contributed by atoms with Crippen molar-refractivity contribution >= 4 is 11.8 Å². The summed E-state index contributed by atoms with van der Waals surface area (Å²) in [4.78, 5) is 23.9. The molecule has 2 N–H and O–H groups in total. The van der Waals surface area contributed by atoms with Gasteiger partial charge in [-0.1, -0.05) is 6.92 Å². The van der Waals surface area contributed by atoms with E-state index in [0.717, 1.165) is 6.54 Å². The minimum absolute atomic E-state index is 0.465. The van der Waals surface area contributed by atoms with Crippen molar-refractivity contribution in [3.05, 3.63) is 0 Å². The van der Waals surface area contributed by atoms with Crippen molar-refractivity contribution in [2.45, 2.75) is 13.8 Å². The number of likely N-dealkylation sites (N-methyl/N-ethyl adjacent to an activating group) is 3. The molecule has 0 radical (unpaired) electrons. The fraction of sp³-hybridized carbons (Fsp3) is 0.778. The molecule has 5 heteroatoms. The molecule has 0 aromatic rings. The largest absolute Gasteiger partial charge is 0.351 e. The molecule has 0 atom stereocenters. The molecule has 5 nitrogen and oxygen atoms in total. The molecule has 0 aromatic heterocycles. The second-order valence-corrected chi connectivity index (χ2v) is 2.82. The van der Waals surface area contributed by atoms with Crippen LogP contribution in [0.3, 0.4) is 0 Å². The number of carbonyl (C=O) groups excluding carboxylic acids is 2. The Kier molecular flexibility index (Phi) is 6.74. The first-order valence-electron chi connectivity index (χ1n) is 4.89. The number of carbonyl (C=O) groups is 2. The predicted octanol–water partition coefficient (Wildman–Crippen LogP) is -0.810. The molecule has 0 aliphatic rings. The van der Waals surface area contributed by atoms with Crippen molar-refractivity contribution in [3.8, 4) is 0 Å². The third kappa shape index (κ3) is 4.23. The van der Waals surface area contributed by atoms with E-state index in [1.807, 2.05) is 13.8 Å². The maximum Gasteiger partial charge on any atom is 0.311 e. The Bertz CT molecular complexity index is 194. The van der Waals surface area contributed by atoms with E-state index in [1.54, 1.807) is 0 Å². The van der Waals surface area contributed by atoms with Crippen LogP contribution in [0.2, 0.25) is 0 Å². The highest BCUT2D eigenvalue weighted by Crippen LogP contribution is 1.88. The van der Waals surface area contributed by atoms with E-state index in [2.05, 4.69) is 10.6 Å². The molecule has 0 bridgehead atoms. The Morgan fingerprint density at radius 2 is 1.93 bits per heavy atom. The van der Waals surface area contributed by atoms with Crippen molar-refractivity contribution in [2.24, 2.45) is 0 Å². The number of hydrogen-bond acceptors (Lipinski definition) is 3. The summed E-state index contributed by atoms with van der Waals surface area (Å²) in [6.45, 7) is 6.55. The van der Waals surface area contributed by atoms with E-state index in [9.17, 15) is 9.59 Å². The lowest BCUT2D eigenvalue weighted by molar-refractivity contribution is -0.145. The molecule has 0 aliphatic carbocycles. The zero-order chi connectivity index (χ0) is 11.0. The van der Waals surface area contributed by atoms with Crippen LogP contribution in [-0.4, -0.2) is 49.9 Å². The van der Waals surface area contributed by atoms with Gasteiger partial charge in [0.15, 0.2) is 0 Å². The van der Waals surface area contributed by atoms with Crippen molar-refractivity contribution < 1.29 is 9.59 Å². The highest BCUT2D eigenvalue weighted by Gasteiger charge is 2.17. The lowest BCUT2D eigenvalue weighted by atomic mass is 10.4. The van der Waals surface area contributed by atoms with Crippen LogP contribution in [-0.2, 0) is 9.59 Å². The van der Waals surface area contributed by atoms with Gasteiger partial charge < -0.3 is 15.5 Å². The van der Waals surface area contributed by atoms with Gasteiger partial charge >= 0.3 is 11.8 Å². The summed E-state index contributed by atoms with van der Waals surface area (Å²) >= 11 is 0. The first-order chi connectivity index (χ1) is 6.67. The first-order valence-corrected chi connectivity index (χ1v) is 4.89. The van der Waals surface area contributed by atoms with Crippen LogP contribution >= 0.6 is 0 Å². The van der Waals surface area contributed by atoms with Gasteiger partial charge in [0.1, 0.15) is 0 Å². The zero-order valence-electron chi connectivity index (χ0n) is 9.09. The van der Waals surface area contributed by atoms with E-state index >= 15 is 0 Å². The summed E-state index contributed by atoms with van der Waals surface area (Å²) in [6, 6.07) is 0. The Morgan fingerprint density at radius 1 is 1.29 bits per heavy atom. The second kappa shape index (κ2) is 7.32. The molecule has 0 rings (SSSR count). The highest BCUT2D eigenvalue weighted by molar-refractivity contribution is 6.34. The standard InChI is InChI=1S/C9H19N3O2/c1-4-11-6-7-12(5-2)9(14)8(13)10-3/h11H,4-7H2,1-3H3,(H,10,13). The maximum absolute atomic E-state index is 11.4. The summed E-state index contributed by atoms with van der Waals surface area (Å²) in [5, 5.41) is 5.42. The van der Waals surface area contributed by atoms with Gasteiger partial charge in [0, 0.05) is 26.7 Å². The Hall–Kier alpha value is -1.10. The third-order valence-electron chi connectivity index (χ3n) is 1.90. The predicted molar refractivity (Wildman–Crippen MR) is 54.9 cm³/mol. The summed E-state index contributed by atoms with van der Waals surface area (Å²) in [7, 11) is 1.46. The van der Waals surface area contributed by atoms with Crippen LogP contribution in [0.1, 0.15) is 13.8 Å². The fourth-order valence-electron chi connectivity index (χ4n) is 1.04. The topological polar surface area (TPSA) is 61.4 Å². The van der Waals surface area contributed by atoms with Gasteiger partial charge in [0.05, 0.1) is 0 Å². The van der Waals surface area contributed by atoms with Crippen molar-refractivity contribution in [1.82, 2.24) is 15.5 Å². The molecule has 0 fully saturated rings. The first kappa shape index (κ1) is 12.9. The van der Waals surface area contributed by atoms with Crippen LogP contribution in [0.25, 0.3) is 0 Å². The smallest absolute Gasteiger partial charge is 0.311 e. The Balaban J connectivity index is 3.99. The van der Waals surface area contributed by atoms with E-state index in [-0.39, 0.29) is 0 Å². The molecule has 0 aliphatic heterocycles. The lowest BCUT2D eigenvalue weighted by Crippen LogP contribution is -2.44. The van der Waals surface area contributed by atoms with Gasteiger partial charge in [-0.15, -0.1) is 0 Å². The summed E-state index contributed by atoms with van der Waals surface area (Å²) in [6.07, 6.45) is 0. The SMILES string of the molecule is CCNCCN(CC)C(=O)C(=O)NC. The van der Waals surface area contributed by atoms with Crippen LogP contribution < -0.4 is 10.6 Å². The van der Waals surface area contributed by atoms with Gasteiger partial charge in [-0.3, -0.25) is 9.59 Å². The monoisotopic (exact) mass is 201 g/mol. The molecule has 0 aromatic carbocycles. The quantitative estimate of drug-likeness (QED) is 0.452. The molecule has 0 saturated heterocycles. The summed E-state index contributed by atoms with van der Waals surface area (Å²) in [5.41, 5.74) is 0. The minimum Gasteiger partial charge on any atom is -0.351 e. The lowest BCUT2D eigenvalue weighted by Gasteiger charge is -2.19. The molecular weight excluding hydrogens is 182 g/mol. The van der Waals surface area contributed by atoms with Crippen molar-refractivity contribution in [2.75, 3.05) is 33.2 Å². The summed E-state index contributed by atoms with van der Waals surface area (Å²) in [5.74, 6) is -1.02. The molecule has 0 heterocycles. The van der Waals surface area contributed by atoms with Gasteiger partial charge in [-0.25, -0.2) is 0 Å². The molecule has 0 saturated carbocycles. The van der Waals surface area contributed by atoms with E-state index in [1.165, 1.54) is 11.9 Å². The number of hydrogen-bond donors (Lipinski definition) is 2. The van der Waals surface area contributed by atoms with Crippen LogP contribution in [0.5, 0.6) is 0 Å². The Morgan fingerprint density at radius 3 is 2.36 bits per heavy atom. The fourth-order valence-corrected chi connectivity index (χ4v) is 1.04. The second-order valence-electron chi connectivity index (χ2n) is 2.82. The number of nitrogens with one attached hydrogen (secondary N) is 2. The normalized spacial score (nSPS) is 9.64. The molecule has 14 heavy (non-hydrogen) atoms. The average Bonchev–Trinajstić information content (AvgIpc) is 2.22. The van der Waals surface area contributed by atoms with Crippen LogP contribution in [0, 0.1) is 0 Å².